The van der Waals surface area contributed by atoms with Gasteiger partial charge in [0, 0.05) is 31.8 Å². The second kappa shape index (κ2) is 8.24. The molecular weight excluding hydrogens is 272 g/mol. The van der Waals surface area contributed by atoms with Gasteiger partial charge in [-0.1, -0.05) is 6.42 Å². The zero-order valence-corrected chi connectivity index (χ0v) is 12.8. The summed E-state index contributed by atoms with van der Waals surface area (Å²) in [5.41, 5.74) is 0.996. The fraction of sp³-hybridized carbons (Fsp3) is 0.533. The number of aryl methyl sites for hydroxylation is 1. The van der Waals surface area contributed by atoms with Crippen LogP contribution in [0, 0.1) is 0 Å². The number of ketones is 1. The van der Waals surface area contributed by atoms with Gasteiger partial charge in [-0.25, -0.2) is 0 Å². The van der Waals surface area contributed by atoms with Gasteiger partial charge in [0.25, 0.3) is 5.91 Å². The maximum atomic E-state index is 12.0. The molecule has 1 N–H and O–H groups in total. The van der Waals surface area contributed by atoms with Gasteiger partial charge in [-0.05, 0) is 25.8 Å². The van der Waals surface area contributed by atoms with Crippen molar-refractivity contribution in [3.8, 4) is 0 Å². The maximum absolute atomic E-state index is 12.0. The molecule has 0 spiro atoms. The number of esters is 1. The molecular formula is C15H22N2O4. The summed E-state index contributed by atoms with van der Waals surface area (Å²) < 4.78 is 6.19. The summed E-state index contributed by atoms with van der Waals surface area (Å²) in [6.07, 6.45) is 4.45. The third-order valence-electron chi connectivity index (χ3n) is 3.22. The molecule has 0 bridgehead atoms. The highest BCUT2D eigenvalue weighted by Gasteiger charge is 2.13. The first-order valence-corrected chi connectivity index (χ1v) is 6.98. The number of hydrogen-bond donors (Lipinski definition) is 1. The molecule has 21 heavy (non-hydrogen) atoms. The van der Waals surface area contributed by atoms with Crippen LogP contribution < -0.4 is 5.32 Å². The van der Waals surface area contributed by atoms with E-state index in [0.717, 1.165) is 19.3 Å². The maximum Gasteiger partial charge on any atom is 0.305 e. The number of nitrogens with zero attached hydrogens (tertiary/aromatic N) is 1. The highest BCUT2D eigenvalue weighted by molar-refractivity contribution is 5.99. The zero-order valence-electron chi connectivity index (χ0n) is 12.8. The highest BCUT2D eigenvalue weighted by atomic mass is 16.5. The molecule has 0 aliphatic rings. The Hall–Kier alpha value is -2.11. The minimum Gasteiger partial charge on any atom is -0.469 e. The molecule has 1 amide bonds. The van der Waals surface area contributed by atoms with Crippen LogP contribution in [0.2, 0.25) is 0 Å². The third kappa shape index (κ3) is 5.41. The molecule has 0 atom stereocenters. The van der Waals surface area contributed by atoms with E-state index in [9.17, 15) is 14.4 Å². The molecule has 0 saturated heterocycles. The lowest BCUT2D eigenvalue weighted by atomic mass is 10.2. The lowest BCUT2D eigenvalue weighted by Gasteiger charge is -2.05. The number of amides is 1. The number of carbonyl (C=O) groups excluding carboxylic acids is 3. The van der Waals surface area contributed by atoms with Crippen LogP contribution in [-0.2, 0) is 16.6 Å². The van der Waals surface area contributed by atoms with E-state index in [4.69, 9.17) is 0 Å². The number of Topliss-reactive ketones (excluding diaryl/α,β-unsaturated/α-hetero) is 1. The normalized spacial score (nSPS) is 10.2. The van der Waals surface area contributed by atoms with Crippen molar-refractivity contribution < 1.29 is 19.1 Å². The topological polar surface area (TPSA) is 77.4 Å². The van der Waals surface area contributed by atoms with Crippen molar-refractivity contribution in [2.24, 2.45) is 7.05 Å². The summed E-state index contributed by atoms with van der Waals surface area (Å²) >= 11 is 0. The van der Waals surface area contributed by atoms with Crippen molar-refractivity contribution in [1.82, 2.24) is 9.88 Å². The highest BCUT2D eigenvalue weighted by Crippen LogP contribution is 2.08. The lowest BCUT2D eigenvalue weighted by molar-refractivity contribution is -0.140. The second-order valence-corrected chi connectivity index (χ2v) is 4.92. The van der Waals surface area contributed by atoms with E-state index in [1.165, 1.54) is 14.0 Å². The van der Waals surface area contributed by atoms with E-state index in [-0.39, 0.29) is 17.7 Å². The van der Waals surface area contributed by atoms with Crippen molar-refractivity contribution in [3.05, 3.63) is 23.5 Å². The molecule has 0 aromatic carbocycles. The minimum absolute atomic E-state index is 0.0625. The summed E-state index contributed by atoms with van der Waals surface area (Å²) in [5, 5.41) is 2.81. The monoisotopic (exact) mass is 294 g/mol. The van der Waals surface area contributed by atoms with Crippen LogP contribution >= 0.6 is 0 Å². The molecule has 1 aromatic rings. The molecule has 6 nitrogen and oxygen atoms in total. The molecule has 0 saturated carbocycles. The molecule has 0 fully saturated rings. The van der Waals surface area contributed by atoms with Crippen LogP contribution in [0.3, 0.4) is 0 Å². The van der Waals surface area contributed by atoms with Crippen molar-refractivity contribution in [1.29, 1.82) is 0 Å². The molecule has 1 rings (SSSR count). The van der Waals surface area contributed by atoms with Gasteiger partial charge in [0.1, 0.15) is 5.69 Å². The van der Waals surface area contributed by atoms with Gasteiger partial charge in [-0.3, -0.25) is 14.4 Å². The standard InChI is InChI=1S/C15H22N2O4/c1-11(18)12-9-13(17(2)10-12)15(20)16-8-6-4-5-7-14(19)21-3/h9-10H,4-8H2,1-3H3,(H,16,20). The molecule has 6 heteroatoms. The Morgan fingerprint density at radius 2 is 1.95 bits per heavy atom. The second-order valence-electron chi connectivity index (χ2n) is 4.92. The number of nitrogens with one attached hydrogen (secondary N) is 1. The minimum atomic E-state index is -0.209. The van der Waals surface area contributed by atoms with Crippen molar-refractivity contribution >= 4 is 17.7 Å². The van der Waals surface area contributed by atoms with E-state index in [2.05, 4.69) is 10.1 Å². The van der Waals surface area contributed by atoms with Crippen LogP contribution in [0.15, 0.2) is 12.3 Å². The van der Waals surface area contributed by atoms with Gasteiger partial charge < -0.3 is 14.6 Å². The van der Waals surface area contributed by atoms with E-state index in [0.29, 0.717) is 24.2 Å². The summed E-state index contributed by atoms with van der Waals surface area (Å²) in [7, 11) is 3.11. The Balaban J connectivity index is 2.31. The Morgan fingerprint density at radius 1 is 1.24 bits per heavy atom. The first kappa shape index (κ1) is 16.9. The first-order chi connectivity index (χ1) is 9.95. The van der Waals surface area contributed by atoms with Gasteiger partial charge in [0.2, 0.25) is 0 Å². The Kier molecular flexibility index (Phi) is 6.65. The smallest absolute Gasteiger partial charge is 0.305 e. The van der Waals surface area contributed by atoms with Gasteiger partial charge in [0.15, 0.2) is 5.78 Å². The third-order valence-corrected chi connectivity index (χ3v) is 3.22. The van der Waals surface area contributed by atoms with E-state index < -0.39 is 0 Å². The summed E-state index contributed by atoms with van der Waals surface area (Å²) in [4.78, 5) is 34.1. The van der Waals surface area contributed by atoms with Crippen LogP contribution in [0.4, 0.5) is 0 Å². The predicted octanol–water partition coefficient (Wildman–Crippen LogP) is 1.69. The average molecular weight is 294 g/mol. The van der Waals surface area contributed by atoms with Crippen LogP contribution in [-0.4, -0.2) is 35.9 Å². The Bertz CT molecular complexity index is 520. The lowest BCUT2D eigenvalue weighted by Crippen LogP contribution is -2.26. The summed E-state index contributed by atoms with van der Waals surface area (Å²) in [5.74, 6) is -0.468. The number of hydrogen-bond acceptors (Lipinski definition) is 4. The summed E-state index contributed by atoms with van der Waals surface area (Å²) in [6.45, 7) is 2.01. The molecule has 0 unspecified atom stereocenters. The average Bonchev–Trinajstić information content (AvgIpc) is 2.84. The molecule has 1 aromatic heterocycles. The predicted molar refractivity (Wildman–Crippen MR) is 78.2 cm³/mol. The van der Waals surface area contributed by atoms with Crippen molar-refractivity contribution in [3.63, 3.8) is 0 Å². The fourth-order valence-corrected chi connectivity index (χ4v) is 1.95. The van der Waals surface area contributed by atoms with E-state index in [1.807, 2.05) is 0 Å². The van der Waals surface area contributed by atoms with Crippen molar-refractivity contribution in [2.45, 2.75) is 32.6 Å². The SMILES string of the molecule is COC(=O)CCCCCNC(=O)c1cc(C(C)=O)cn1C. The number of carbonyl (C=O) groups is 3. The van der Waals surface area contributed by atoms with Gasteiger partial charge in [0.05, 0.1) is 7.11 Å². The first-order valence-electron chi connectivity index (χ1n) is 6.98. The molecule has 116 valence electrons. The number of methoxy groups -OCH3 is 1. The van der Waals surface area contributed by atoms with Crippen molar-refractivity contribution in [2.75, 3.05) is 13.7 Å². The van der Waals surface area contributed by atoms with Crippen LogP contribution in [0.5, 0.6) is 0 Å². The van der Waals surface area contributed by atoms with Gasteiger partial charge >= 0.3 is 5.97 Å². The number of unbranched alkanes of at least 4 members (excludes halogenated alkanes) is 2. The Labute approximate surface area is 124 Å². The largest absolute Gasteiger partial charge is 0.469 e. The number of ether oxygens (including phenoxy) is 1. The number of rotatable bonds is 8. The van der Waals surface area contributed by atoms with Crippen LogP contribution in [0.1, 0.15) is 53.5 Å². The Morgan fingerprint density at radius 3 is 2.52 bits per heavy atom. The van der Waals surface area contributed by atoms with Gasteiger partial charge in [-0.15, -0.1) is 0 Å². The summed E-state index contributed by atoms with van der Waals surface area (Å²) in [6, 6.07) is 1.59. The van der Waals surface area contributed by atoms with E-state index in [1.54, 1.807) is 23.9 Å². The molecule has 1 heterocycles. The quantitative estimate of drug-likeness (QED) is 0.449. The zero-order chi connectivity index (χ0) is 15.8. The molecule has 0 radical (unpaired) electrons. The molecule has 0 aliphatic carbocycles. The van der Waals surface area contributed by atoms with Gasteiger partial charge in [-0.2, -0.15) is 0 Å². The molecule has 0 aliphatic heterocycles. The number of aromatic nitrogens is 1. The fourth-order valence-electron chi connectivity index (χ4n) is 1.95. The van der Waals surface area contributed by atoms with E-state index >= 15 is 0 Å². The van der Waals surface area contributed by atoms with Crippen LogP contribution in [0.25, 0.3) is 0 Å².